The number of aromatic amines is 1. The first-order chi connectivity index (χ1) is 19.4. The molecule has 0 spiro atoms. The Kier molecular flexibility index (Phi) is 7.59. The number of fused-ring (bicyclic) bond motifs is 1. The number of ether oxygens (including phenoxy) is 1. The van der Waals surface area contributed by atoms with E-state index in [9.17, 15) is 4.79 Å². The smallest absolute Gasteiger partial charge is 0.384 e. The molecular formula is C28H35ClN8O3. The minimum atomic E-state index is -0.674. The van der Waals surface area contributed by atoms with Crippen molar-refractivity contribution in [2.24, 2.45) is 11.8 Å². The van der Waals surface area contributed by atoms with Crippen molar-refractivity contribution in [3.8, 4) is 23.0 Å². The van der Waals surface area contributed by atoms with Gasteiger partial charge in [-0.1, -0.05) is 44.2 Å². The van der Waals surface area contributed by atoms with Crippen molar-refractivity contribution in [3.05, 3.63) is 34.0 Å². The van der Waals surface area contributed by atoms with Gasteiger partial charge in [-0.15, -0.1) is 5.10 Å². The van der Waals surface area contributed by atoms with E-state index in [0.717, 1.165) is 55.3 Å². The van der Waals surface area contributed by atoms with E-state index < -0.39 is 5.76 Å². The molecule has 1 N–H and O–H groups in total. The van der Waals surface area contributed by atoms with E-state index in [0.29, 0.717) is 22.3 Å². The highest BCUT2D eigenvalue weighted by Gasteiger charge is 2.31. The van der Waals surface area contributed by atoms with Gasteiger partial charge in [0, 0.05) is 44.2 Å². The average Bonchev–Trinajstić information content (AvgIpc) is 3.55. The van der Waals surface area contributed by atoms with Crippen LogP contribution in [0.2, 0.25) is 5.02 Å². The number of hydrogen-bond donors (Lipinski definition) is 1. The first-order valence-corrected chi connectivity index (χ1v) is 14.5. The number of methoxy groups -OCH3 is 1. The fraction of sp³-hybridized carbons (Fsp3) is 0.571. The monoisotopic (exact) mass is 566 g/mol. The lowest BCUT2D eigenvalue weighted by molar-refractivity contribution is 0.0716. The van der Waals surface area contributed by atoms with Gasteiger partial charge < -0.3 is 18.6 Å². The van der Waals surface area contributed by atoms with Crippen LogP contribution in [0.25, 0.3) is 34.1 Å². The molecule has 0 bridgehead atoms. The predicted octanol–water partition coefficient (Wildman–Crippen LogP) is 5.11. The molecule has 0 aromatic carbocycles. The molecule has 12 heteroatoms. The lowest BCUT2D eigenvalue weighted by Gasteiger charge is -2.38. The number of nitrogens with one attached hydrogen (secondary N) is 1. The lowest BCUT2D eigenvalue weighted by atomic mass is 9.81. The number of anilines is 1. The van der Waals surface area contributed by atoms with Crippen LogP contribution in [0.5, 0.6) is 0 Å². The van der Waals surface area contributed by atoms with E-state index in [1.807, 2.05) is 6.07 Å². The lowest BCUT2D eigenvalue weighted by Crippen LogP contribution is -2.44. The highest BCUT2D eigenvalue weighted by Crippen LogP contribution is 2.36. The largest absolute Gasteiger partial charge is 0.434 e. The number of pyridine rings is 1. The van der Waals surface area contributed by atoms with Crippen molar-refractivity contribution in [2.45, 2.75) is 77.5 Å². The van der Waals surface area contributed by atoms with Crippen molar-refractivity contribution in [2.75, 3.05) is 18.6 Å². The minimum absolute atomic E-state index is 0.00448. The van der Waals surface area contributed by atoms with Crippen LogP contribution in [-0.2, 0) is 11.3 Å². The SMILES string of the molecule is COC1CCN(c2nc3nc(-c4n[nH]c(=O)o4)nc(-c4cncc(Cl)c4)c3n2CCC2CCC(C)CC2)C(C)C1. The summed E-state index contributed by atoms with van der Waals surface area (Å²) in [7, 11) is 1.78. The summed E-state index contributed by atoms with van der Waals surface area (Å²) >= 11 is 6.37. The zero-order valence-corrected chi connectivity index (χ0v) is 23.9. The van der Waals surface area contributed by atoms with Crippen LogP contribution in [0.1, 0.15) is 58.8 Å². The van der Waals surface area contributed by atoms with Crippen molar-refractivity contribution in [3.63, 3.8) is 0 Å². The maximum atomic E-state index is 11.7. The summed E-state index contributed by atoms with van der Waals surface area (Å²) in [5.41, 5.74) is 2.67. The highest BCUT2D eigenvalue weighted by atomic mass is 35.5. The third kappa shape index (κ3) is 5.36. The minimum Gasteiger partial charge on any atom is -0.384 e. The third-order valence-electron chi connectivity index (χ3n) is 8.51. The predicted molar refractivity (Wildman–Crippen MR) is 152 cm³/mol. The highest BCUT2D eigenvalue weighted by molar-refractivity contribution is 6.30. The molecule has 1 aliphatic carbocycles. The Bertz CT molecular complexity index is 1540. The first-order valence-electron chi connectivity index (χ1n) is 14.1. The molecule has 2 unspecified atom stereocenters. The van der Waals surface area contributed by atoms with Gasteiger partial charge in [0.25, 0.3) is 5.89 Å². The van der Waals surface area contributed by atoms with Crippen LogP contribution in [-0.4, -0.2) is 60.5 Å². The maximum absolute atomic E-state index is 11.7. The second-order valence-corrected chi connectivity index (χ2v) is 11.7. The number of H-pyrrole nitrogens is 1. The molecule has 1 aliphatic heterocycles. The van der Waals surface area contributed by atoms with E-state index >= 15 is 0 Å². The topological polar surface area (TPSA) is 128 Å². The Balaban J connectivity index is 1.50. The number of rotatable bonds is 7. The zero-order chi connectivity index (χ0) is 27.8. The standard InChI is InChI=1S/C28H35ClN8O3/c1-16-4-6-18(7-5-16)8-10-37-23-22(19-13-20(29)15-30-14-19)31-25(26-34-35-28(38)40-26)32-24(23)33-27(37)36-11-9-21(39-3)12-17(36)2/h13-18,21H,4-12H2,1-3H3,(H,35,38). The van der Waals surface area contributed by atoms with Crippen LogP contribution in [0.3, 0.4) is 0 Å². The Hall–Kier alpha value is -3.31. The van der Waals surface area contributed by atoms with Gasteiger partial charge in [-0.25, -0.2) is 19.9 Å². The molecule has 6 rings (SSSR count). The van der Waals surface area contributed by atoms with Crippen molar-refractivity contribution >= 4 is 28.7 Å². The number of nitrogens with zero attached hydrogens (tertiary/aromatic N) is 7. The molecule has 1 saturated heterocycles. The molecule has 4 aromatic rings. The molecular weight excluding hydrogens is 532 g/mol. The molecule has 0 radical (unpaired) electrons. The molecule has 2 fully saturated rings. The number of aryl methyl sites for hydroxylation is 1. The van der Waals surface area contributed by atoms with Crippen LogP contribution in [0.4, 0.5) is 5.95 Å². The summed E-state index contributed by atoms with van der Waals surface area (Å²) < 4.78 is 13.2. The average molecular weight is 567 g/mol. The first kappa shape index (κ1) is 26.9. The summed E-state index contributed by atoms with van der Waals surface area (Å²) in [5, 5.41) is 6.76. The Morgan fingerprint density at radius 2 is 1.95 bits per heavy atom. The number of aromatic nitrogens is 7. The number of imidazole rings is 1. The summed E-state index contributed by atoms with van der Waals surface area (Å²) in [6, 6.07) is 2.06. The van der Waals surface area contributed by atoms with E-state index in [-0.39, 0.29) is 23.9 Å². The normalized spacial score (nSPS) is 23.6. The van der Waals surface area contributed by atoms with E-state index in [2.05, 4.69) is 38.5 Å². The van der Waals surface area contributed by atoms with Gasteiger partial charge in [0.2, 0.25) is 11.8 Å². The van der Waals surface area contributed by atoms with Crippen molar-refractivity contribution in [1.29, 1.82) is 0 Å². The van der Waals surface area contributed by atoms with Gasteiger partial charge in [0.1, 0.15) is 11.2 Å². The molecule has 1 saturated carbocycles. The molecule has 4 aromatic heterocycles. The number of piperidine rings is 1. The zero-order valence-electron chi connectivity index (χ0n) is 23.1. The Morgan fingerprint density at radius 1 is 1.12 bits per heavy atom. The quantitative estimate of drug-likeness (QED) is 0.324. The van der Waals surface area contributed by atoms with E-state index in [4.69, 9.17) is 35.7 Å². The molecule has 0 amide bonds. The van der Waals surface area contributed by atoms with Gasteiger partial charge in [0.15, 0.2) is 5.65 Å². The summed E-state index contributed by atoms with van der Waals surface area (Å²) in [5.74, 6) is 1.85. The summed E-state index contributed by atoms with van der Waals surface area (Å²) in [4.78, 5) is 33.1. The van der Waals surface area contributed by atoms with Crippen molar-refractivity contribution in [1.82, 2.24) is 34.7 Å². The molecule has 40 heavy (non-hydrogen) atoms. The van der Waals surface area contributed by atoms with Crippen molar-refractivity contribution < 1.29 is 9.15 Å². The van der Waals surface area contributed by atoms with E-state index in [1.54, 1.807) is 19.5 Å². The Morgan fingerprint density at radius 3 is 2.65 bits per heavy atom. The molecule has 5 heterocycles. The molecule has 11 nitrogen and oxygen atoms in total. The van der Waals surface area contributed by atoms with Gasteiger partial charge >= 0.3 is 5.76 Å². The fourth-order valence-corrected chi connectivity index (χ4v) is 6.36. The van der Waals surface area contributed by atoms with Crippen LogP contribution in [0.15, 0.2) is 27.7 Å². The molecule has 212 valence electrons. The molecule has 2 atom stereocenters. The van der Waals surface area contributed by atoms with Gasteiger partial charge in [-0.2, -0.15) is 4.98 Å². The van der Waals surface area contributed by atoms with Gasteiger partial charge in [-0.05, 0) is 44.1 Å². The van der Waals surface area contributed by atoms with Crippen LogP contribution < -0.4 is 10.7 Å². The number of hydrogen-bond acceptors (Lipinski definition) is 9. The van der Waals surface area contributed by atoms with Crippen LogP contribution >= 0.6 is 11.6 Å². The van der Waals surface area contributed by atoms with Gasteiger partial charge in [0.05, 0.1) is 11.1 Å². The third-order valence-corrected chi connectivity index (χ3v) is 8.71. The fourth-order valence-electron chi connectivity index (χ4n) is 6.19. The second kappa shape index (κ2) is 11.3. The second-order valence-electron chi connectivity index (χ2n) is 11.3. The maximum Gasteiger partial charge on any atom is 0.434 e. The summed E-state index contributed by atoms with van der Waals surface area (Å²) in [6.07, 6.45) is 11.5. The number of halogens is 1. The Labute approximate surface area is 237 Å². The van der Waals surface area contributed by atoms with Crippen LogP contribution in [0, 0.1) is 11.8 Å². The molecule has 2 aliphatic rings. The van der Waals surface area contributed by atoms with Gasteiger partial charge in [-0.3, -0.25) is 4.98 Å². The van der Waals surface area contributed by atoms with E-state index in [1.165, 1.54) is 25.7 Å². The summed E-state index contributed by atoms with van der Waals surface area (Å²) in [6.45, 7) is 6.19.